The SMILES string of the molecule is N#CCOC(=O)c1cc[nH]c1. The van der Waals surface area contributed by atoms with Crippen LogP contribution in [0.2, 0.25) is 0 Å². The molecule has 1 aromatic heterocycles. The monoisotopic (exact) mass is 150 g/mol. The van der Waals surface area contributed by atoms with Gasteiger partial charge in [-0.3, -0.25) is 0 Å². The third-order valence-corrected chi connectivity index (χ3v) is 1.10. The number of nitriles is 1. The van der Waals surface area contributed by atoms with Gasteiger partial charge >= 0.3 is 5.97 Å². The Labute approximate surface area is 63.4 Å². The number of hydrogen-bond acceptors (Lipinski definition) is 3. The molecule has 4 nitrogen and oxygen atoms in total. The fraction of sp³-hybridized carbons (Fsp3) is 0.143. The summed E-state index contributed by atoms with van der Waals surface area (Å²) in [6.45, 7) is -0.204. The topological polar surface area (TPSA) is 65.9 Å². The lowest BCUT2D eigenvalue weighted by Gasteiger charge is -1.94. The Balaban J connectivity index is 2.51. The van der Waals surface area contributed by atoms with E-state index in [-0.39, 0.29) is 6.61 Å². The molecule has 0 bridgehead atoms. The van der Waals surface area contributed by atoms with Crippen molar-refractivity contribution in [2.75, 3.05) is 6.61 Å². The van der Waals surface area contributed by atoms with Crippen LogP contribution in [0.4, 0.5) is 0 Å². The van der Waals surface area contributed by atoms with Crippen LogP contribution in [-0.4, -0.2) is 17.6 Å². The van der Waals surface area contributed by atoms with E-state index in [4.69, 9.17) is 5.26 Å². The zero-order valence-corrected chi connectivity index (χ0v) is 5.70. The first-order valence-electron chi connectivity index (χ1n) is 3.01. The number of nitrogens with one attached hydrogen (secondary N) is 1. The van der Waals surface area contributed by atoms with Crippen LogP contribution in [0.5, 0.6) is 0 Å². The van der Waals surface area contributed by atoms with E-state index in [0.29, 0.717) is 5.56 Å². The largest absolute Gasteiger partial charge is 0.447 e. The molecule has 11 heavy (non-hydrogen) atoms. The van der Waals surface area contributed by atoms with Gasteiger partial charge < -0.3 is 9.72 Å². The van der Waals surface area contributed by atoms with Crippen LogP contribution in [0.3, 0.4) is 0 Å². The lowest BCUT2D eigenvalue weighted by molar-refractivity contribution is 0.0555. The predicted octanol–water partition coefficient (Wildman–Crippen LogP) is 0.695. The van der Waals surface area contributed by atoms with Crippen molar-refractivity contribution in [2.24, 2.45) is 0 Å². The van der Waals surface area contributed by atoms with Crippen LogP contribution in [0.25, 0.3) is 0 Å². The first-order valence-corrected chi connectivity index (χ1v) is 3.01. The van der Waals surface area contributed by atoms with Crippen LogP contribution >= 0.6 is 0 Å². The van der Waals surface area contributed by atoms with Gasteiger partial charge in [0.25, 0.3) is 0 Å². The lowest BCUT2D eigenvalue weighted by atomic mass is 10.3. The van der Waals surface area contributed by atoms with Crippen LogP contribution in [0.1, 0.15) is 10.4 Å². The average Bonchev–Trinajstić information content (AvgIpc) is 2.52. The fourth-order valence-electron chi connectivity index (χ4n) is 0.632. The standard InChI is InChI=1S/C7H6N2O2/c8-2-4-11-7(10)6-1-3-9-5-6/h1,3,5,9H,4H2. The molecular formula is C7H6N2O2. The predicted molar refractivity (Wildman–Crippen MR) is 36.7 cm³/mol. The van der Waals surface area contributed by atoms with Gasteiger partial charge in [0.05, 0.1) is 5.56 Å². The summed E-state index contributed by atoms with van der Waals surface area (Å²) in [5.74, 6) is -0.479. The molecule has 0 aliphatic carbocycles. The highest BCUT2D eigenvalue weighted by Crippen LogP contribution is 1.98. The molecule has 1 heterocycles. The smallest absolute Gasteiger partial charge is 0.340 e. The van der Waals surface area contributed by atoms with E-state index in [1.807, 2.05) is 0 Å². The number of hydrogen-bond donors (Lipinski definition) is 1. The quantitative estimate of drug-likeness (QED) is 0.631. The number of ether oxygens (including phenoxy) is 1. The molecular weight excluding hydrogens is 144 g/mol. The van der Waals surface area contributed by atoms with Crippen molar-refractivity contribution in [3.05, 3.63) is 24.0 Å². The van der Waals surface area contributed by atoms with E-state index in [1.54, 1.807) is 18.3 Å². The second-order valence-corrected chi connectivity index (χ2v) is 1.83. The molecule has 0 saturated carbocycles. The van der Waals surface area contributed by atoms with Crippen LogP contribution in [0, 0.1) is 11.3 Å². The molecule has 0 amide bonds. The molecule has 1 aromatic rings. The second-order valence-electron chi connectivity index (χ2n) is 1.83. The Bertz CT molecular complexity index is 271. The molecule has 4 heteroatoms. The molecule has 0 saturated heterocycles. The number of rotatable bonds is 2. The van der Waals surface area contributed by atoms with Crippen LogP contribution in [0.15, 0.2) is 18.5 Å². The molecule has 56 valence electrons. The molecule has 0 aromatic carbocycles. The van der Waals surface area contributed by atoms with Crippen molar-refractivity contribution in [1.29, 1.82) is 5.26 Å². The van der Waals surface area contributed by atoms with E-state index < -0.39 is 5.97 Å². The summed E-state index contributed by atoms with van der Waals surface area (Å²) in [6.07, 6.45) is 3.13. The van der Waals surface area contributed by atoms with E-state index in [1.165, 1.54) is 6.20 Å². The highest BCUT2D eigenvalue weighted by atomic mass is 16.5. The molecule has 0 unspecified atom stereocenters. The lowest BCUT2D eigenvalue weighted by Crippen LogP contribution is -2.03. The highest BCUT2D eigenvalue weighted by molar-refractivity contribution is 5.89. The fourth-order valence-corrected chi connectivity index (χ4v) is 0.632. The zero-order chi connectivity index (χ0) is 8.10. The van der Waals surface area contributed by atoms with Crippen molar-refractivity contribution in [3.8, 4) is 6.07 Å². The van der Waals surface area contributed by atoms with Gasteiger partial charge in [0.1, 0.15) is 6.07 Å². The van der Waals surface area contributed by atoms with Gasteiger partial charge in [0.2, 0.25) is 0 Å². The summed E-state index contributed by atoms with van der Waals surface area (Å²) in [7, 11) is 0. The summed E-state index contributed by atoms with van der Waals surface area (Å²) < 4.78 is 4.52. The summed E-state index contributed by atoms with van der Waals surface area (Å²) in [6, 6.07) is 3.29. The molecule has 0 fully saturated rings. The molecule has 0 atom stereocenters. The van der Waals surface area contributed by atoms with Crippen molar-refractivity contribution in [1.82, 2.24) is 4.98 Å². The van der Waals surface area contributed by atoms with Gasteiger partial charge in [-0.05, 0) is 6.07 Å². The zero-order valence-electron chi connectivity index (χ0n) is 5.70. The van der Waals surface area contributed by atoms with E-state index in [0.717, 1.165) is 0 Å². The summed E-state index contributed by atoms with van der Waals surface area (Å²) in [5.41, 5.74) is 0.431. The Morgan fingerprint density at radius 1 is 1.82 bits per heavy atom. The number of aromatic amines is 1. The van der Waals surface area contributed by atoms with Crippen molar-refractivity contribution >= 4 is 5.97 Å². The molecule has 1 N–H and O–H groups in total. The molecule has 0 spiro atoms. The molecule has 0 radical (unpaired) electrons. The minimum absolute atomic E-state index is 0.204. The van der Waals surface area contributed by atoms with Crippen molar-refractivity contribution in [2.45, 2.75) is 0 Å². The first-order chi connectivity index (χ1) is 5.34. The summed E-state index contributed by atoms with van der Waals surface area (Å²) >= 11 is 0. The summed E-state index contributed by atoms with van der Waals surface area (Å²) in [4.78, 5) is 13.6. The number of aromatic nitrogens is 1. The van der Waals surface area contributed by atoms with E-state index in [9.17, 15) is 4.79 Å². The highest BCUT2D eigenvalue weighted by Gasteiger charge is 2.04. The number of H-pyrrole nitrogens is 1. The van der Waals surface area contributed by atoms with E-state index in [2.05, 4.69) is 9.72 Å². The van der Waals surface area contributed by atoms with Crippen LogP contribution < -0.4 is 0 Å². The third kappa shape index (κ3) is 1.83. The number of carbonyl (C=O) groups excluding carboxylic acids is 1. The molecule has 0 aliphatic rings. The Hall–Kier alpha value is -1.76. The maximum Gasteiger partial charge on any atom is 0.340 e. The van der Waals surface area contributed by atoms with Gasteiger partial charge in [0.15, 0.2) is 6.61 Å². The van der Waals surface area contributed by atoms with Gasteiger partial charge in [-0.25, -0.2) is 4.79 Å². The Morgan fingerprint density at radius 2 is 2.64 bits per heavy atom. The maximum atomic E-state index is 10.9. The average molecular weight is 150 g/mol. The Morgan fingerprint density at radius 3 is 3.18 bits per heavy atom. The first kappa shape index (κ1) is 7.35. The van der Waals surface area contributed by atoms with E-state index >= 15 is 0 Å². The normalized spacial score (nSPS) is 8.64. The Kier molecular flexibility index (Phi) is 2.28. The maximum absolute atomic E-state index is 10.9. The third-order valence-electron chi connectivity index (χ3n) is 1.10. The van der Waals surface area contributed by atoms with Gasteiger partial charge in [-0.15, -0.1) is 0 Å². The van der Waals surface area contributed by atoms with Gasteiger partial charge in [-0.1, -0.05) is 0 Å². The number of carbonyl (C=O) groups is 1. The number of esters is 1. The second kappa shape index (κ2) is 3.42. The minimum atomic E-state index is -0.479. The molecule has 1 rings (SSSR count). The number of nitrogens with zero attached hydrogens (tertiary/aromatic N) is 1. The van der Waals surface area contributed by atoms with Gasteiger partial charge in [-0.2, -0.15) is 5.26 Å². The molecule has 0 aliphatic heterocycles. The van der Waals surface area contributed by atoms with Crippen molar-refractivity contribution in [3.63, 3.8) is 0 Å². The summed E-state index contributed by atoms with van der Waals surface area (Å²) in [5, 5.41) is 8.08. The van der Waals surface area contributed by atoms with Gasteiger partial charge in [0, 0.05) is 12.4 Å². The van der Waals surface area contributed by atoms with Crippen molar-refractivity contribution < 1.29 is 9.53 Å². The minimum Gasteiger partial charge on any atom is -0.447 e. The van der Waals surface area contributed by atoms with Crippen LogP contribution in [-0.2, 0) is 4.74 Å².